The van der Waals surface area contributed by atoms with E-state index in [9.17, 15) is 9.59 Å². The van der Waals surface area contributed by atoms with Gasteiger partial charge in [0.15, 0.2) is 0 Å². The molecule has 0 bridgehead atoms. The lowest BCUT2D eigenvalue weighted by molar-refractivity contribution is -0.134. The van der Waals surface area contributed by atoms with Crippen LogP contribution in [-0.4, -0.2) is 12.6 Å². The Bertz CT molecular complexity index is 970. The standard InChI is InChI=1S/C21H20O5/c1-3-24-16-7-4-15(5-8-16)6-11-20(22)25-17-9-10-18-14(2)12-21(23)26-19(18)13-17/h4-5,7-10,12-13H,3,6,11H2,1-2H3. The molecule has 5 heteroatoms. The van der Waals surface area contributed by atoms with Crippen LogP contribution in [-0.2, 0) is 11.2 Å². The molecule has 0 radical (unpaired) electrons. The van der Waals surface area contributed by atoms with Gasteiger partial charge in [0.25, 0.3) is 0 Å². The minimum atomic E-state index is -0.422. The lowest BCUT2D eigenvalue weighted by Gasteiger charge is -2.07. The van der Waals surface area contributed by atoms with E-state index in [1.807, 2.05) is 38.1 Å². The van der Waals surface area contributed by atoms with Crippen LogP contribution in [0.1, 0.15) is 24.5 Å². The third-order valence-electron chi connectivity index (χ3n) is 4.01. The van der Waals surface area contributed by atoms with Crippen molar-refractivity contribution < 1.29 is 18.7 Å². The van der Waals surface area contributed by atoms with Crippen molar-refractivity contribution in [3.8, 4) is 11.5 Å². The van der Waals surface area contributed by atoms with Crippen LogP contribution in [0.5, 0.6) is 11.5 Å². The summed E-state index contributed by atoms with van der Waals surface area (Å²) in [5.74, 6) is 0.836. The molecule has 0 atom stereocenters. The van der Waals surface area contributed by atoms with Crippen LogP contribution in [0, 0.1) is 6.92 Å². The van der Waals surface area contributed by atoms with Crippen molar-refractivity contribution >= 4 is 16.9 Å². The molecule has 0 aliphatic rings. The van der Waals surface area contributed by atoms with Gasteiger partial charge >= 0.3 is 11.6 Å². The Balaban J connectivity index is 1.62. The summed E-state index contributed by atoms with van der Waals surface area (Å²) in [5.41, 5.74) is 1.84. The Morgan fingerprint density at radius 2 is 1.77 bits per heavy atom. The molecule has 0 aliphatic heterocycles. The second-order valence-electron chi connectivity index (χ2n) is 5.96. The summed E-state index contributed by atoms with van der Waals surface area (Å²) in [5, 5.41) is 0.818. The van der Waals surface area contributed by atoms with Gasteiger partial charge in [-0.1, -0.05) is 12.1 Å². The molecule has 0 spiro atoms. The second-order valence-corrected chi connectivity index (χ2v) is 5.96. The molecule has 26 heavy (non-hydrogen) atoms. The van der Waals surface area contributed by atoms with Gasteiger partial charge in [-0.2, -0.15) is 0 Å². The molecule has 1 aromatic heterocycles. The first-order valence-electron chi connectivity index (χ1n) is 8.52. The second kappa shape index (κ2) is 7.87. The normalized spacial score (nSPS) is 10.7. The number of fused-ring (bicyclic) bond motifs is 1. The topological polar surface area (TPSA) is 65.7 Å². The fraction of sp³-hybridized carbons (Fsp3) is 0.238. The van der Waals surface area contributed by atoms with Crippen LogP contribution in [0.15, 0.2) is 57.7 Å². The molecule has 0 amide bonds. The van der Waals surface area contributed by atoms with Crippen molar-refractivity contribution in [1.29, 1.82) is 0 Å². The van der Waals surface area contributed by atoms with Crippen LogP contribution >= 0.6 is 0 Å². The number of benzene rings is 2. The van der Waals surface area contributed by atoms with Gasteiger partial charge in [0.05, 0.1) is 6.61 Å². The summed E-state index contributed by atoms with van der Waals surface area (Å²) in [6, 6.07) is 14.1. The van der Waals surface area contributed by atoms with E-state index in [2.05, 4.69) is 0 Å². The average molecular weight is 352 g/mol. The van der Waals surface area contributed by atoms with E-state index >= 15 is 0 Å². The molecular weight excluding hydrogens is 332 g/mol. The zero-order valence-electron chi connectivity index (χ0n) is 14.8. The minimum absolute atomic E-state index is 0.254. The zero-order chi connectivity index (χ0) is 18.5. The Morgan fingerprint density at radius 1 is 1.04 bits per heavy atom. The van der Waals surface area contributed by atoms with Crippen molar-refractivity contribution in [3.63, 3.8) is 0 Å². The van der Waals surface area contributed by atoms with Crippen molar-refractivity contribution in [2.24, 2.45) is 0 Å². The SMILES string of the molecule is CCOc1ccc(CCC(=O)Oc2ccc3c(C)cc(=O)oc3c2)cc1. The lowest BCUT2D eigenvalue weighted by atomic mass is 10.1. The number of hydrogen-bond donors (Lipinski definition) is 0. The maximum Gasteiger partial charge on any atom is 0.336 e. The summed E-state index contributed by atoms with van der Waals surface area (Å²) in [6.07, 6.45) is 0.830. The van der Waals surface area contributed by atoms with Gasteiger partial charge in [0, 0.05) is 23.9 Å². The molecular formula is C21H20O5. The van der Waals surface area contributed by atoms with Crippen molar-refractivity contribution in [2.75, 3.05) is 6.61 Å². The molecule has 0 fully saturated rings. The van der Waals surface area contributed by atoms with E-state index in [1.165, 1.54) is 6.07 Å². The first-order valence-corrected chi connectivity index (χ1v) is 8.52. The molecule has 0 saturated carbocycles. The molecule has 0 N–H and O–H groups in total. The van der Waals surface area contributed by atoms with Crippen molar-refractivity contribution in [1.82, 2.24) is 0 Å². The van der Waals surface area contributed by atoms with Crippen LogP contribution in [0.25, 0.3) is 11.0 Å². The number of ether oxygens (including phenoxy) is 2. The van der Waals surface area contributed by atoms with Gasteiger partial charge in [-0.05, 0) is 55.7 Å². The summed E-state index contributed by atoms with van der Waals surface area (Å²) >= 11 is 0. The lowest BCUT2D eigenvalue weighted by Crippen LogP contribution is -2.09. The molecule has 1 heterocycles. The Labute approximate surface area is 151 Å². The highest BCUT2D eigenvalue weighted by Gasteiger charge is 2.09. The van der Waals surface area contributed by atoms with Crippen molar-refractivity contribution in [3.05, 3.63) is 70.1 Å². The predicted molar refractivity (Wildman–Crippen MR) is 98.8 cm³/mol. The highest BCUT2D eigenvalue weighted by atomic mass is 16.5. The van der Waals surface area contributed by atoms with Gasteiger partial charge in [0.1, 0.15) is 17.1 Å². The minimum Gasteiger partial charge on any atom is -0.494 e. The Hall–Kier alpha value is -3.08. The average Bonchev–Trinajstić information content (AvgIpc) is 2.61. The summed E-state index contributed by atoms with van der Waals surface area (Å²) in [6.45, 7) is 4.39. The number of esters is 1. The quantitative estimate of drug-likeness (QED) is 0.380. The van der Waals surface area contributed by atoms with Gasteiger partial charge in [-0.25, -0.2) is 4.79 Å². The predicted octanol–water partition coefficient (Wildman–Crippen LogP) is 4.04. The molecule has 3 aromatic rings. The van der Waals surface area contributed by atoms with Gasteiger partial charge in [-0.15, -0.1) is 0 Å². The molecule has 0 aliphatic carbocycles. The molecule has 5 nitrogen and oxygen atoms in total. The number of aryl methyl sites for hydroxylation is 2. The van der Waals surface area contributed by atoms with Crippen LogP contribution in [0.4, 0.5) is 0 Å². The molecule has 3 rings (SSSR count). The largest absolute Gasteiger partial charge is 0.494 e. The number of rotatable bonds is 6. The van der Waals surface area contributed by atoms with Gasteiger partial charge < -0.3 is 13.9 Å². The smallest absolute Gasteiger partial charge is 0.336 e. The Morgan fingerprint density at radius 3 is 2.50 bits per heavy atom. The molecule has 2 aromatic carbocycles. The third-order valence-corrected chi connectivity index (χ3v) is 4.01. The van der Waals surface area contributed by atoms with E-state index in [-0.39, 0.29) is 12.4 Å². The van der Waals surface area contributed by atoms with E-state index in [4.69, 9.17) is 13.9 Å². The third kappa shape index (κ3) is 4.30. The maximum atomic E-state index is 12.1. The van der Waals surface area contributed by atoms with Gasteiger partial charge in [0.2, 0.25) is 0 Å². The fourth-order valence-electron chi connectivity index (χ4n) is 2.72. The highest BCUT2D eigenvalue weighted by molar-refractivity contribution is 5.82. The van der Waals surface area contributed by atoms with E-state index in [1.54, 1.807) is 18.2 Å². The zero-order valence-corrected chi connectivity index (χ0v) is 14.8. The maximum absolute atomic E-state index is 12.1. The highest BCUT2D eigenvalue weighted by Crippen LogP contribution is 2.22. The summed E-state index contributed by atoms with van der Waals surface area (Å²) in [4.78, 5) is 23.6. The van der Waals surface area contributed by atoms with E-state index < -0.39 is 5.63 Å². The summed E-state index contributed by atoms with van der Waals surface area (Å²) in [7, 11) is 0. The fourth-order valence-corrected chi connectivity index (χ4v) is 2.72. The Kier molecular flexibility index (Phi) is 5.37. The number of carbonyl (C=O) groups excluding carboxylic acids is 1. The number of carbonyl (C=O) groups is 1. The monoisotopic (exact) mass is 352 g/mol. The van der Waals surface area contributed by atoms with E-state index in [0.29, 0.717) is 24.4 Å². The van der Waals surface area contributed by atoms with E-state index in [0.717, 1.165) is 22.3 Å². The molecule has 134 valence electrons. The van der Waals surface area contributed by atoms with Gasteiger partial charge in [-0.3, -0.25) is 4.79 Å². The van der Waals surface area contributed by atoms with Crippen LogP contribution in [0.3, 0.4) is 0 Å². The van der Waals surface area contributed by atoms with Crippen LogP contribution < -0.4 is 15.1 Å². The van der Waals surface area contributed by atoms with Crippen LogP contribution in [0.2, 0.25) is 0 Å². The molecule has 0 unspecified atom stereocenters. The molecule has 0 saturated heterocycles. The summed E-state index contributed by atoms with van der Waals surface area (Å²) < 4.78 is 15.9. The van der Waals surface area contributed by atoms with Crippen molar-refractivity contribution in [2.45, 2.75) is 26.7 Å². The number of hydrogen-bond acceptors (Lipinski definition) is 5. The first-order chi connectivity index (χ1) is 12.5. The first kappa shape index (κ1) is 17.7.